The largest absolute Gasteiger partial charge is 0.269 e. The van der Waals surface area contributed by atoms with Gasteiger partial charge in [-0.15, -0.1) is 0 Å². The van der Waals surface area contributed by atoms with Crippen molar-refractivity contribution in [3.63, 3.8) is 0 Å². The molecule has 11 heavy (non-hydrogen) atoms. The summed E-state index contributed by atoms with van der Waals surface area (Å²) in [6, 6.07) is 8.99. The highest BCUT2D eigenvalue weighted by molar-refractivity contribution is 6.17. The van der Waals surface area contributed by atoms with Crippen molar-refractivity contribution in [3.05, 3.63) is 42.5 Å². The van der Waals surface area contributed by atoms with Crippen LogP contribution in [0, 0.1) is 0 Å². The number of carbonyl (C=O) groups excluding carboxylic acids is 1. The van der Waals surface area contributed by atoms with Crippen molar-refractivity contribution in [1.29, 1.82) is 0 Å². The third-order valence-corrected chi connectivity index (χ3v) is 1.40. The highest BCUT2D eigenvalue weighted by Crippen LogP contribution is 2.10. The van der Waals surface area contributed by atoms with Gasteiger partial charge >= 0.3 is 0 Å². The topological polar surface area (TPSA) is 40.9 Å². The van der Waals surface area contributed by atoms with Gasteiger partial charge in [-0.25, -0.2) is 0 Å². The van der Waals surface area contributed by atoms with Crippen LogP contribution < -0.4 is 5.73 Å². The molecule has 1 aromatic rings. The summed E-state index contributed by atoms with van der Waals surface area (Å²) in [5.41, 5.74) is 7.74. The van der Waals surface area contributed by atoms with Crippen molar-refractivity contribution < 1.29 is 4.79 Å². The molecule has 0 heterocycles. The molecule has 0 fully saturated rings. The first-order valence-electron chi connectivity index (χ1n) is 3.22. The molecule has 0 saturated carbocycles. The number of benzene rings is 1. The van der Waals surface area contributed by atoms with E-state index in [1.54, 1.807) is 12.1 Å². The molecule has 1 rings (SSSR count). The Morgan fingerprint density at radius 1 is 1.27 bits per heavy atom. The average Bonchev–Trinajstić information content (AvgIpc) is 2.05. The van der Waals surface area contributed by atoms with Crippen LogP contribution in [0.25, 0.3) is 5.57 Å². The van der Waals surface area contributed by atoms with Gasteiger partial charge in [0.1, 0.15) is 0 Å². The van der Waals surface area contributed by atoms with Crippen molar-refractivity contribution >= 4 is 11.5 Å². The summed E-state index contributed by atoms with van der Waals surface area (Å²) in [7, 11) is 0. The summed E-state index contributed by atoms with van der Waals surface area (Å²) in [6.45, 7) is 3.49. The van der Waals surface area contributed by atoms with Crippen LogP contribution in [0.15, 0.2) is 36.9 Å². The maximum absolute atomic E-state index is 10.5. The Morgan fingerprint density at radius 3 is 2.27 bits per heavy atom. The zero-order valence-corrected chi connectivity index (χ0v) is 6.00. The number of hydrogen-bond acceptors (Lipinski definition) is 1. The van der Waals surface area contributed by atoms with Crippen LogP contribution in [0.2, 0.25) is 0 Å². The van der Waals surface area contributed by atoms with Crippen molar-refractivity contribution in [1.82, 2.24) is 5.73 Å². The summed E-state index contributed by atoms with van der Waals surface area (Å²) >= 11 is 0. The summed E-state index contributed by atoms with van der Waals surface area (Å²) < 4.78 is 0. The number of nitrogens with one attached hydrogen (secondary N) is 1. The molecule has 0 atom stereocenters. The molecule has 0 aromatic heterocycles. The second-order valence-electron chi connectivity index (χ2n) is 2.17. The quantitative estimate of drug-likeness (QED) is 0.583. The maximum Gasteiger partial charge on any atom is 0.269 e. The molecule has 0 unspecified atom stereocenters. The first kappa shape index (κ1) is 7.54. The molecule has 1 radical (unpaired) electrons. The number of carbonyl (C=O) groups is 1. The van der Waals surface area contributed by atoms with E-state index in [1.165, 1.54) is 0 Å². The van der Waals surface area contributed by atoms with Gasteiger partial charge in [-0.05, 0) is 5.56 Å². The predicted molar refractivity (Wildman–Crippen MR) is 43.6 cm³/mol. The molecule has 1 amide bonds. The van der Waals surface area contributed by atoms with Gasteiger partial charge in [-0.3, -0.25) is 10.5 Å². The molecular weight excluding hydrogens is 138 g/mol. The Bertz CT molecular complexity index is 277. The highest BCUT2D eigenvalue weighted by Gasteiger charge is 2.03. The lowest BCUT2D eigenvalue weighted by Gasteiger charge is -1.97. The number of amides is 1. The molecule has 1 aromatic carbocycles. The molecule has 0 aliphatic heterocycles. The van der Waals surface area contributed by atoms with Gasteiger partial charge in [0.2, 0.25) is 0 Å². The van der Waals surface area contributed by atoms with Gasteiger partial charge in [-0.1, -0.05) is 36.9 Å². The van der Waals surface area contributed by atoms with Gasteiger partial charge in [0.15, 0.2) is 0 Å². The van der Waals surface area contributed by atoms with Crippen molar-refractivity contribution in [2.45, 2.75) is 0 Å². The van der Waals surface area contributed by atoms with E-state index in [0.29, 0.717) is 5.56 Å². The van der Waals surface area contributed by atoms with Crippen LogP contribution in [-0.4, -0.2) is 5.91 Å². The minimum Gasteiger partial charge on any atom is -0.267 e. The Kier molecular flexibility index (Phi) is 2.06. The Balaban J connectivity index is 2.95. The first-order chi connectivity index (χ1) is 5.22. The minimum atomic E-state index is -0.726. The molecule has 1 N–H and O–H groups in total. The zero-order valence-electron chi connectivity index (χ0n) is 6.00. The van der Waals surface area contributed by atoms with Gasteiger partial charge < -0.3 is 0 Å². The normalized spacial score (nSPS) is 9.09. The van der Waals surface area contributed by atoms with Crippen LogP contribution in [0.4, 0.5) is 0 Å². The first-order valence-corrected chi connectivity index (χ1v) is 3.22. The molecule has 0 aliphatic rings. The van der Waals surface area contributed by atoms with Crippen molar-refractivity contribution in [2.75, 3.05) is 0 Å². The van der Waals surface area contributed by atoms with E-state index in [1.807, 2.05) is 18.2 Å². The Morgan fingerprint density at radius 2 is 1.82 bits per heavy atom. The fourth-order valence-electron chi connectivity index (χ4n) is 0.770. The van der Waals surface area contributed by atoms with Crippen LogP contribution in [0.1, 0.15) is 5.56 Å². The lowest BCUT2D eigenvalue weighted by Crippen LogP contribution is -1.99. The summed E-state index contributed by atoms with van der Waals surface area (Å²) in [5.74, 6) is -0.726. The third-order valence-electron chi connectivity index (χ3n) is 1.40. The molecule has 0 saturated heterocycles. The van der Waals surface area contributed by atoms with Gasteiger partial charge in [0.05, 0.1) is 0 Å². The fourth-order valence-corrected chi connectivity index (χ4v) is 0.770. The third kappa shape index (κ3) is 1.67. The lowest BCUT2D eigenvalue weighted by atomic mass is 10.1. The van der Waals surface area contributed by atoms with E-state index in [2.05, 4.69) is 6.58 Å². The molecule has 0 aliphatic carbocycles. The molecule has 0 spiro atoms. The number of hydrogen-bond donors (Lipinski definition) is 0. The van der Waals surface area contributed by atoms with Gasteiger partial charge in [0, 0.05) is 5.57 Å². The summed E-state index contributed by atoms with van der Waals surface area (Å²) in [6.07, 6.45) is 0. The molecular formula is C9H8NO. The maximum atomic E-state index is 10.5. The molecule has 55 valence electrons. The van der Waals surface area contributed by atoms with Gasteiger partial charge in [0.25, 0.3) is 5.91 Å². The molecule has 2 heteroatoms. The number of rotatable bonds is 2. The lowest BCUT2D eigenvalue weighted by molar-refractivity contribution is -0.113. The van der Waals surface area contributed by atoms with Crippen LogP contribution in [0.3, 0.4) is 0 Å². The standard InChI is InChI=1S/C9H8NO/c1-7(9(10)11)8-5-3-2-4-6-8/h2-6,10H,1H2. The molecule has 0 bridgehead atoms. The zero-order chi connectivity index (χ0) is 8.27. The summed E-state index contributed by atoms with van der Waals surface area (Å²) in [5, 5.41) is 0. The van der Waals surface area contributed by atoms with Crippen molar-refractivity contribution in [2.24, 2.45) is 0 Å². The van der Waals surface area contributed by atoms with E-state index in [9.17, 15) is 4.79 Å². The van der Waals surface area contributed by atoms with Gasteiger partial charge in [-0.2, -0.15) is 0 Å². The second kappa shape index (κ2) is 3.01. The van der Waals surface area contributed by atoms with E-state index >= 15 is 0 Å². The monoisotopic (exact) mass is 146 g/mol. The Labute approximate surface area is 65.3 Å². The predicted octanol–water partition coefficient (Wildman–Crippen LogP) is 1.51. The van der Waals surface area contributed by atoms with Crippen LogP contribution in [-0.2, 0) is 4.79 Å². The van der Waals surface area contributed by atoms with E-state index in [4.69, 9.17) is 5.73 Å². The Hall–Kier alpha value is -1.57. The van der Waals surface area contributed by atoms with Crippen LogP contribution in [0.5, 0.6) is 0 Å². The molecule has 2 nitrogen and oxygen atoms in total. The highest BCUT2D eigenvalue weighted by atomic mass is 16.1. The van der Waals surface area contributed by atoms with Crippen LogP contribution >= 0.6 is 0 Å². The summed E-state index contributed by atoms with van der Waals surface area (Å²) in [4.78, 5) is 10.5. The van der Waals surface area contributed by atoms with E-state index in [-0.39, 0.29) is 5.57 Å². The minimum absolute atomic E-state index is 0.241. The van der Waals surface area contributed by atoms with Crippen molar-refractivity contribution in [3.8, 4) is 0 Å². The average molecular weight is 146 g/mol. The van der Waals surface area contributed by atoms with E-state index in [0.717, 1.165) is 0 Å². The SMILES string of the molecule is C=C(C([NH])=O)c1ccccc1. The second-order valence-corrected chi connectivity index (χ2v) is 2.17. The van der Waals surface area contributed by atoms with E-state index < -0.39 is 5.91 Å². The smallest absolute Gasteiger partial charge is 0.267 e. The fraction of sp³-hybridized carbons (Fsp3) is 0.